The van der Waals surface area contributed by atoms with Crippen LogP contribution in [-0.4, -0.2) is 11.7 Å². The molecule has 0 unspecified atom stereocenters. The molecule has 0 spiro atoms. The van der Waals surface area contributed by atoms with Crippen LogP contribution in [-0.2, 0) is 4.79 Å². The molecule has 1 aliphatic heterocycles. The van der Waals surface area contributed by atoms with Gasteiger partial charge in [0.15, 0.2) is 0 Å². The first-order valence-electron chi connectivity index (χ1n) is 6.59. The van der Waals surface area contributed by atoms with Gasteiger partial charge in [-0.05, 0) is 36.6 Å². The zero-order valence-electron chi connectivity index (χ0n) is 10.5. The number of nitrogens with zero attached hydrogens (tertiary/aromatic N) is 1. The number of hydrogen-bond acceptors (Lipinski definition) is 2. The third-order valence-electron chi connectivity index (χ3n) is 3.63. The monoisotopic (exact) mass is 258 g/mol. The smallest absolute Gasteiger partial charge is 0.275 e. The molecule has 0 atom stereocenters. The van der Waals surface area contributed by atoms with Crippen molar-refractivity contribution in [1.82, 2.24) is 5.32 Å². The van der Waals surface area contributed by atoms with Crippen LogP contribution in [0.2, 0.25) is 0 Å². The average Bonchev–Trinajstić information content (AvgIpc) is 3.03. The van der Waals surface area contributed by atoms with E-state index < -0.39 is 0 Å². The lowest BCUT2D eigenvalue weighted by atomic mass is 10.1. The lowest BCUT2D eigenvalue weighted by molar-refractivity contribution is -0.115. The van der Waals surface area contributed by atoms with E-state index in [1.807, 2.05) is 0 Å². The number of rotatable bonds is 2. The topological polar surface area (TPSA) is 41.5 Å². The van der Waals surface area contributed by atoms with E-state index in [9.17, 15) is 9.18 Å². The van der Waals surface area contributed by atoms with Crippen molar-refractivity contribution in [2.24, 2.45) is 10.9 Å². The molecule has 1 fully saturated rings. The summed E-state index contributed by atoms with van der Waals surface area (Å²) < 4.78 is 12.8. The van der Waals surface area contributed by atoms with E-state index >= 15 is 0 Å². The highest BCUT2D eigenvalue weighted by molar-refractivity contribution is 6.15. The normalized spacial score (nSPS) is 21.8. The Kier molecular flexibility index (Phi) is 3.15. The number of halogens is 1. The van der Waals surface area contributed by atoms with Crippen molar-refractivity contribution in [3.05, 3.63) is 41.3 Å². The van der Waals surface area contributed by atoms with Crippen LogP contribution in [0, 0.1) is 11.7 Å². The first-order valence-corrected chi connectivity index (χ1v) is 6.59. The van der Waals surface area contributed by atoms with Crippen LogP contribution in [0.15, 0.2) is 35.0 Å². The van der Waals surface area contributed by atoms with Gasteiger partial charge in [-0.2, -0.15) is 0 Å². The molecule has 1 heterocycles. The fourth-order valence-electron chi connectivity index (χ4n) is 2.60. The molecule has 3 nitrogen and oxygen atoms in total. The second-order valence-corrected chi connectivity index (χ2v) is 5.01. The predicted molar refractivity (Wildman–Crippen MR) is 71.9 cm³/mol. The summed E-state index contributed by atoms with van der Waals surface area (Å²) in [5.74, 6) is 0.748. The summed E-state index contributed by atoms with van der Waals surface area (Å²) >= 11 is 0. The van der Waals surface area contributed by atoms with Gasteiger partial charge in [-0.1, -0.05) is 25.0 Å². The Hall–Kier alpha value is -1.97. The number of aliphatic imine (C=N–C) groups is 1. The molecule has 0 aromatic heterocycles. The minimum Gasteiger partial charge on any atom is -0.308 e. The first-order chi connectivity index (χ1) is 9.22. The summed E-state index contributed by atoms with van der Waals surface area (Å²) in [7, 11) is 0. The molecule has 98 valence electrons. The largest absolute Gasteiger partial charge is 0.308 e. The zero-order valence-corrected chi connectivity index (χ0v) is 10.5. The maximum absolute atomic E-state index is 12.8. The van der Waals surface area contributed by atoms with Gasteiger partial charge in [-0.3, -0.25) is 4.79 Å². The summed E-state index contributed by atoms with van der Waals surface area (Å²) in [6.07, 6.45) is 6.30. The minimum atomic E-state index is -0.284. The van der Waals surface area contributed by atoms with Crippen LogP contribution in [0.4, 0.5) is 4.39 Å². The standard InChI is InChI=1S/C15H15FN2O/c16-12-7-5-10(6-8-12)9-13-15(19)18-14(17-13)11-3-1-2-4-11/h5-9,11H,1-4H2,(H,17,18,19)/b13-9+. The van der Waals surface area contributed by atoms with E-state index in [0.717, 1.165) is 24.2 Å². The number of amidine groups is 1. The molecule has 1 aromatic rings. The number of nitrogens with one attached hydrogen (secondary N) is 1. The molecule has 4 heteroatoms. The highest BCUT2D eigenvalue weighted by Gasteiger charge is 2.28. The third kappa shape index (κ3) is 2.57. The molecule has 1 aromatic carbocycles. The van der Waals surface area contributed by atoms with E-state index in [4.69, 9.17) is 0 Å². The van der Waals surface area contributed by atoms with Gasteiger partial charge in [-0.15, -0.1) is 0 Å². The summed E-state index contributed by atoms with van der Waals surface area (Å²) in [5.41, 5.74) is 1.19. The van der Waals surface area contributed by atoms with Crippen molar-refractivity contribution in [2.45, 2.75) is 25.7 Å². The fourth-order valence-corrected chi connectivity index (χ4v) is 2.60. The molecule has 1 N–H and O–H groups in total. The van der Waals surface area contributed by atoms with Crippen LogP contribution >= 0.6 is 0 Å². The van der Waals surface area contributed by atoms with Gasteiger partial charge in [-0.25, -0.2) is 9.38 Å². The fraction of sp³-hybridized carbons (Fsp3) is 0.333. The van der Waals surface area contributed by atoms with Crippen LogP contribution in [0.3, 0.4) is 0 Å². The first kappa shape index (κ1) is 12.1. The van der Waals surface area contributed by atoms with E-state index in [0.29, 0.717) is 11.6 Å². The quantitative estimate of drug-likeness (QED) is 0.814. The molecule has 1 aliphatic carbocycles. The van der Waals surface area contributed by atoms with Crippen LogP contribution in [0.1, 0.15) is 31.2 Å². The van der Waals surface area contributed by atoms with E-state index in [1.54, 1.807) is 18.2 Å². The highest BCUT2D eigenvalue weighted by Crippen LogP contribution is 2.27. The SMILES string of the molecule is O=C1NC(C2CCCC2)=N/C1=C/c1ccc(F)cc1. The molecule has 3 rings (SSSR count). The third-order valence-corrected chi connectivity index (χ3v) is 3.63. The Morgan fingerprint density at radius 3 is 2.58 bits per heavy atom. The van der Waals surface area contributed by atoms with E-state index in [2.05, 4.69) is 10.3 Å². The van der Waals surface area contributed by atoms with Crippen LogP contribution < -0.4 is 5.32 Å². The van der Waals surface area contributed by atoms with Gasteiger partial charge < -0.3 is 5.32 Å². The van der Waals surface area contributed by atoms with Crippen molar-refractivity contribution in [3.8, 4) is 0 Å². The van der Waals surface area contributed by atoms with Crippen molar-refractivity contribution in [2.75, 3.05) is 0 Å². The lowest BCUT2D eigenvalue weighted by Crippen LogP contribution is -2.29. The number of carbonyl (C=O) groups excluding carboxylic acids is 1. The number of amides is 1. The molecule has 2 aliphatic rings. The van der Waals surface area contributed by atoms with Crippen molar-refractivity contribution < 1.29 is 9.18 Å². The second kappa shape index (κ2) is 4.96. The maximum atomic E-state index is 12.8. The minimum absolute atomic E-state index is 0.161. The summed E-state index contributed by atoms with van der Waals surface area (Å²) in [6, 6.07) is 6.03. The van der Waals surface area contributed by atoms with E-state index in [-0.39, 0.29) is 11.7 Å². The van der Waals surface area contributed by atoms with Crippen molar-refractivity contribution in [3.63, 3.8) is 0 Å². The molecule has 19 heavy (non-hydrogen) atoms. The van der Waals surface area contributed by atoms with Crippen molar-refractivity contribution in [1.29, 1.82) is 0 Å². The number of hydrogen-bond donors (Lipinski definition) is 1. The van der Waals surface area contributed by atoms with Gasteiger partial charge >= 0.3 is 0 Å². The molecule has 1 saturated carbocycles. The molecule has 1 amide bonds. The molecule has 0 saturated heterocycles. The average molecular weight is 258 g/mol. The summed E-state index contributed by atoms with van der Waals surface area (Å²) in [5, 5.41) is 2.85. The van der Waals surface area contributed by atoms with Gasteiger partial charge in [0.25, 0.3) is 5.91 Å². The predicted octanol–water partition coefficient (Wildman–Crippen LogP) is 2.89. The second-order valence-electron chi connectivity index (χ2n) is 5.01. The van der Waals surface area contributed by atoms with Gasteiger partial charge in [0.05, 0.1) is 0 Å². The van der Waals surface area contributed by atoms with Crippen LogP contribution in [0.25, 0.3) is 6.08 Å². The molecule has 0 radical (unpaired) electrons. The Morgan fingerprint density at radius 2 is 1.89 bits per heavy atom. The number of benzene rings is 1. The number of carbonyl (C=O) groups is 1. The molecular weight excluding hydrogens is 243 g/mol. The Bertz CT molecular complexity index is 554. The molecular formula is C15H15FN2O. The molecule has 0 bridgehead atoms. The Balaban J connectivity index is 1.83. The Morgan fingerprint density at radius 1 is 1.21 bits per heavy atom. The van der Waals surface area contributed by atoms with Crippen molar-refractivity contribution >= 4 is 17.8 Å². The summed E-state index contributed by atoms with van der Waals surface area (Å²) in [6.45, 7) is 0. The van der Waals surface area contributed by atoms with Gasteiger partial charge in [0.2, 0.25) is 0 Å². The van der Waals surface area contributed by atoms with Gasteiger partial charge in [0.1, 0.15) is 17.3 Å². The highest BCUT2D eigenvalue weighted by atomic mass is 19.1. The summed E-state index contributed by atoms with van der Waals surface area (Å²) in [4.78, 5) is 16.2. The lowest BCUT2D eigenvalue weighted by Gasteiger charge is -2.06. The zero-order chi connectivity index (χ0) is 13.2. The van der Waals surface area contributed by atoms with Crippen LogP contribution in [0.5, 0.6) is 0 Å². The van der Waals surface area contributed by atoms with Gasteiger partial charge in [0, 0.05) is 5.92 Å². The van der Waals surface area contributed by atoms with E-state index in [1.165, 1.54) is 25.0 Å². The maximum Gasteiger partial charge on any atom is 0.275 e. The Labute approximate surface area is 111 Å².